The molecule has 2 aromatic carbocycles. The third-order valence-corrected chi connectivity index (χ3v) is 6.04. The summed E-state index contributed by atoms with van der Waals surface area (Å²) in [6.45, 7) is 1.89. The van der Waals surface area contributed by atoms with Gasteiger partial charge >= 0.3 is 0 Å². The molecule has 172 valence electrons. The molecule has 34 heavy (non-hydrogen) atoms. The molecule has 5 rings (SSSR count). The predicted molar refractivity (Wildman–Crippen MR) is 127 cm³/mol. The number of carbonyl (C=O) groups is 1. The molecule has 2 aromatic heterocycles. The average molecular weight is 477 g/mol. The van der Waals surface area contributed by atoms with Gasteiger partial charge in [0.15, 0.2) is 11.5 Å². The molecule has 1 N–H and O–H groups in total. The molecule has 1 atom stereocenters. The van der Waals surface area contributed by atoms with E-state index in [9.17, 15) is 4.79 Å². The molecular weight excluding hydrogens is 456 g/mol. The largest absolute Gasteiger partial charge is 0.493 e. The molecule has 0 bridgehead atoms. The molecule has 1 unspecified atom stereocenters. The number of halogens is 1. The lowest BCUT2D eigenvalue weighted by atomic mass is 9.85. The maximum absolute atomic E-state index is 12.8. The van der Waals surface area contributed by atoms with Crippen LogP contribution in [0.25, 0.3) is 17.2 Å². The quantitative estimate of drug-likeness (QED) is 0.460. The van der Waals surface area contributed by atoms with Crippen molar-refractivity contribution in [2.75, 3.05) is 19.5 Å². The van der Waals surface area contributed by atoms with Crippen molar-refractivity contribution in [1.82, 2.24) is 25.0 Å². The smallest absolute Gasteiger partial charge is 0.272 e. The first-order valence-electron chi connectivity index (χ1n) is 10.6. The zero-order valence-electron chi connectivity index (χ0n) is 18.7. The van der Waals surface area contributed by atoms with Gasteiger partial charge in [-0.05, 0) is 25.1 Å². The topological polar surface area (TPSA) is 104 Å². The molecule has 0 aliphatic carbocycles. The van der Waals surface area contributed by atoms with Gasteiger partial charge in [0.2, 0.25) is 5.91 Å². The van der Waals surface area contributed by atoms with E-state index in [4.69, 9.17) is 21.1 Å². The molecular formula is C24H21ClN6O3. The second-order valence-corrected chi connectivity index (χ2v) is 8.23. The first kappa shape index (κ1) is 21.8. The van der Waals surface area contributed by atoms with Crippen molar-refractivity contribution in [1.29, 1.82) is 0 Å². The maximum Gasteiger partial charge on any atom is 0.272 e. The molecule has 0 spiro atoms. The van der Waals surface area contributed by atoms with Crippen LogP contribution >= 0.6 is 11.6 Å². The lowest BCUT2D eigenvalue weighted by Crippen LogP contribution is -2.25. The van der Waals surface area contributed by atoms with E-state index in [0.29, 0.717) is 28.0 Å². The van der Waals surface area contributed by atoms with Gasteiger partial charge in [-0.15, -0.1) is 5.10 Å². The number of amides is 1. The van der Waals surface area contributed by atoms with E-state index in [2.05, 4.69) is 25.6 Å². The lowest BCUT2D eigenvalue weighted by Gasteiger charge is -2.26. The third kappa shape index (κ3) is 3.73. The van der Waals surface area contributed by atoms with Crippen LogP contribution < -0.4 is 14.8 Å². The summed E-state index contributed by atoms with van der Waals surface area (Å²) in [5.41, 5.74) is 3.89. The molecule has 1 amide bonds. The molecule has 4 aromatic rings. The Morgan fingerprint density at radius 3 is 2.65 bits per heavy atom. The van der Waals surface area contributed by atoms with Crippen LogP contribution in [-0.2, 0) is 4.79 Å². The zero-order valence-corrected chi connectivity index (χ0v) is 19.5. The van der Waals surface area contributed by atoms with Crippen molar-refractivity contribution in [3.8, 4) is 28.7 Å². The zero-order chi connectivity index (χ0) is 23.8. The number of benzene rings is 2. The second kappa shape index (κ2) is 8.75. The minimum absolute atomic E-state index is 0.148. The van der Waals surface area contributed by atoms with Crippen LogP contribution in [0.3, 0.4) is 0 Å². The number of aromatic nitrogens is 5. The highest BCUT2D eigenvalue weighted by Gasteiger charge is 2.35. The fraction of sp³-hybridized carbons (Fsp3) is 0.208. The minimum Gasteiger partial charge on any atom is -0.493 e. The summed E-state index contributed by atoms with van der Waals surface area (Å²) in [7, 11) is 3.17. The van der Waals surface area contributed by atoms with E-state index in [0.717, 1.165) is 22.4 Å². The number of para-hydroxylation sites is 1. The lowest BCUT2D eigenvalue weighted by molar-refractivity contribution is -0.116. The Bertz CT molecular complexity index is 1390. The number of anilines is 1. The van der Waals surface area contributed by atoms with Gasteiger partial charge in [-0.2, -0.15) is 14.9 Å². The second-order valence-electron chi connectivity index (χ2n) is 7.80. The number of carbonyl (C=O) groups excluding carboxylic acids is 1. The standard InChI is InChI=1S/C24H21ClN6O3/c1-13-21-17(16-5-4-6-19(33-2)22(16)34-3)11-20(32)28-23(21)31(30-13)24-27-18(12-26-29-24)14-7-9-15(25)10-8-14/h4-10,12,17H,11H2,1-3H3,(H,28,32). The Balaban J connectivity index is 1.63. The molecule has 1 aliphatic heterocycles. The first-order valence-corrected chi connectivity index (χ1v) is 10.9. The number of nitrogens with zero attached hydrogens (tertiary/aromatic N) is 5. The van der Waals surface area contributed by atoms with Crippen molar-refractivity contribution >= 4 is 23.3 Å². The van der Waals surface area contributed by atoms with Crippen LogP contribution in [0.15, 0.2) is 48.7 Å². The summed E-state index contributed by atoms with van der Waals surface area (Å²) in [6.07, 6.45) is 1.81. The van der Waals surface area contributed by atoms with E-state index >= 15 is 0 Å². The number of aryl methyl sites for hydroxylation is 1. The van der Waals surface area contributed by atoms with Crippen LogP contribution in [0.4, 0.5) is 5.82 Å². The highest BCUT2D eigenvalue weighted by atomic mass is 35.5. The number of ether oxygens (including phenoxy) is 2. The fourth-order valence-corrected chi connectivity index (χ4v) is 4.41. The number of methoxy groups -OCH3 is 2. The number of rotatable bonds is 5. The Labute approximate surface area is 200 Å². The van der Waals surface area contributed by atoms with Crippen LogP contribution in [-0.4, -0.2) is 45.1 Å². The van der Waals surface area contributed by atoms with Gasteiger partial charge in [-0.25, -0.2) is 4.98 Å². The van der Waals surface area contributed by atoms with Crippen molar-refractivity contribution in [3.63, 3.8) is 0 Å². The fourth-order valence-electron chi connectivity index (χ4n) is 4.29. The van der Waals surface area contributed by atoms with Crippen LogP contribution in [0.1, 0.15) is 29.2 Å². The highest BCUT2D eigenvalue weighted by molar-refractivity contribution is 6.30. The van der Waals surface area contributed by atoms with Gasteiger partial charge in [0, 0.05) is 34.1 Å². The van der Waals surface area contributed by atoms with Crippen molar-refractivity contribution in [2.45, 2.75) is 19.3 Å². The number of hydrogen-bond donors (Lipinski definition) is 1. The molecule has 0 fully saturated rings. The number of nitrogens with one attached hydrogen (secondary N) is 1. The Hall–Kier alpha value is -3.98. The molecule has 3 heterocycles. The van der Waals surface area contributed by atoms with Gasteiger partial charge in [-0.3, -0.25) is 4.79 Å². The number of fused-ring (bicyclic) bond motifs is 1. The van der Waals surface area contributed by atoms with E-state index in [1.54, 1.807) is 32.5 Å². The molecule has 9 nitrogen and oxygen atoms in total. The van der Waals surface area contributed by atoms with Crippen LogP contribution in [0, 0.1) is 6.92 Å². The average Bonchev–Trinajstić information content (AvgIpc) is 3.19. The van der Waals surface area contributed by atoms with Crippen molar-refractivity contribution in [3.05, 3.63) is 70.5 Å². The summed E-state index contributed by atoms with van der Waals surface area (Å²) in [5, 5.41) is 16.5. The minimum atomic E-state index is -0.282. The maximum atomic E-state index is 12.8. The van der Waals surface area contributed by atoms with E-state index in [1.165, 1.54) is 4.68 Å². The van der Waals surface area contributed by atoms with Gasteiger partial charge in [0.05, 0.1) is 31.8 Å². The predicted octanol–water partition coefficient (Wildman–Crippen LogP) is 4.18. The van der Waals surface area contributed by atoms with Gasteiger partial charge in [0.1, 0.15) is 5.82 Å². The van der Waals surface area contributed by atoms with E-state index in [1.807, 2.05) is 37.3 Å². The summed E-state index contributed by atoms with van der Waals surface area (Å²) in [5.74, 6) is 1.51. The van der Waals surface area contributed by atoms with E-state index in [-0.39, 0.29) is 24.2 Å². The van der Waals surface area contributed by atoms with Gasteiger partial charge in [0.25, 0.3) is 5.95 Å². The normalized spacial score (nSPS) is 14.9. The summed E-state index contributed by atoms with van der Waals surface area (Å²) >= 11 is 6.01. The third-order valence-electron chi connectivity index (χ3n) is 5.79. The Morgan fingerprint density at radius 1 is 1.12 bits per heavy atom. The monoisotopic (exact) mass is 476 g/mol. The van der Waals surface area contributed by atoms with Crippen LogP contribution in [0.2, 0.25) is 5.02 Å². The first-order chi connectivity index (χ1) is 16.5. The summed E-state index contributed by atoms with van der Waals surface area (Å²) in [6, 6.07) is 12.9. The summed E-state index contributed by atoms with van der Waals surface area (Å²) in [4.78, 5) is 17.4. The number of hydrogen-bond acceptors (Lipinski definition) is 7. The highest BCUT2D eigenvalue weighted by Crippen LogP contribution is 2.45. The Kier molecular flexibility index (Phi) is 5.62. The molecule has 0 radical (unpaired) electrons. The SMILES string of the molecule is COc1cccc(C2CC(=O)Nc3c2c(C)nn3-c2nncc(-c3ccc(Cl)cc3)n2)c1OC. The van der Waals surface area contributed by atoms with Crippen molar-refractivity contribution in [2.24, 2.45) is 0 Å². The van der Waals surface area contributed by atoms with Crippen LogP contribution in [0.5, 0.6) is 11.5 Å². The van der Waals surface area contributed by atoms with Gasteiger partial charge in [-0.1, -0.05) is 35.9 Å². The molecule has 10 heteroatoms. The Morgan fingerprint density at radius 2 is 1.91 bits per heavy atom. The summed E-state index contributed by atoms with van der Waals surface area (Å²) < 4.78 is 12.6. The van der Waals surface area contributed by atoms with E-state index < -0.39 is 0 Å². The van der Waals surface area contributed by atoms with Crippen molar-refractivity contribution < 1.29 is 14.3 Å². The molecule has 0 saturated carbocycles. The molecule has 0 saturated heterocycles. The van der Waals surface area contributed by atoms with Gasteiger partial charge < -0.3 is 14.8 Å². The molecule has 1 aliphatic rings.